The van der Waals surface area contributed by atoms with Crippen molar-refractivity contribution < 1.29 is 24.1 Å². The topological polar surface area (TPSA) is 112 Å². The van der Waals surface area contributed by atoms with Gasteiger partial charge in [-0.2, -0.15) is 0 Å². The minimum Gasteiger partial charge on any atom is -0.458 e. The van der Waals surface area contributed by atoms with Gasteiger partial charge in [-0.05, 0) is 17.7 Å². The van der Waals surface area contributed by atoms with E-state index < -0.39 is 12.1 Å². The van der Waals surface area contributed by atoms with Crippen molar-refractivity contribution in [3.8, 4) is 22.9 Å². The van der Waals surface area contributed by atoms with Crippen molar-refractivity contribution in [1.29, 1.82) is 0 Å². The minimum atomic E-state index is -1.49. The van der Waals surface area contributed by atoms with Gasteiger partial charge in [0.25, 0.3) is 5.56 Å². The third-order valence-corrected chi connectivity index (χ3v) is 5.85. The molecule has 2 radical (unpaired) electrons. The molecule has 148 valence electrons. The molecule has 30 heavy (non-hydrogen) atoms. The highest BCUT2D eigenvalue weighted by molar-refractivity contribution is 6.04. The molecule has 5 heterocycles. The first-order chi connectivity index (χ1) is 14.6. The number of hydrogen-bond donors (Lipinski definition) is 2. The summed E-state index contributed by atoms with van der Waals surface area (Å²) in [6.07, 6.45) is -1.49. The molecule has 1 atom stereocenters. The smallest absolute Gasteiger partial charge is 0.340 e. The number of hydrogen-bond acceptors (Lipinski definition) is 8. The molecular formula is C20H14BN3O6. The van der Waals surface area contributed by atoms with Gasteiger partial charge in [-0.3, -0.25) is 4.79 Å². The van der Waals surface area contributed by atoms with Gasteiger partial charge in [-0.25, -0.2) is 9.78 Å². The van der Waals surface area contributed by atoms with E-state index in [2.05, 4.69) is 5.23 Å². The number of ether oxygens (including phenoxy) is 3. The lowest BCUT2D eigenvalue weighted by Gasteiger charge is -2.21. The van der Waals surface area contributed by atoms with E-state index >= 15 is 0 Å². The summed E-state index contributed by atoms with van der Waals surface area (Å²) in [5, 5.41) is 13.8. The van der Waals surface area contributed by atoms with E-state index in [1.165, 1.54) is 0 Å². The Kier molecular flexibility index (Phi) is 3.54. The molecule has 6 rings (SSSR count). The Hall–Kier alpha value is -3.37. The van der Waals surface area contributed by atoms with Gasteiger partial charge in [-0.1, -0.05) is 0 Å². The second-order valence-corrected chi connectivity index (χ2v) is 7.39. The van der Waals surface area contributed by atoms with Gasteiger partial charge in [0.2, 0.25) is 6.79 Å². The van der Waals surface area contributed by atoms with Crippen molar-refractivity contribution in [3.63, 3.8) is 0 Å². The molecule has 0 fully saturated rings. The molecule has 1 aromatic carbocycles. The Bertz CT molecular complexity index is 1330. The maximum absolute atomic E-state index is 13.1. The second kappa shape index (κ2) is 6.07. The molecule has 0 saturated carbocycles. The van der Waals surface area contributed by atoms with Crippen LogP contribution in [0.1, 0.15) is 28.4 Å². The van der Waals surface area contributed by atoms with Crippen LogP contribution < -0.4 is 20.3 Å². The van der Waals surface area contributed by atoms with Crippen molar-refractivity contribution in [2.24, 2.45) is 0 Å². The molecule has 9 nitrogen and oxygen atoms in total. The van der Waals surface area contributed by atoms with Crippen LogP contribution in [0.3, 0.4) is 0 Å². The molecule has 2 N–H and O–H groups in total. The quantitative estimate of drug-likeness (QED) is 0.366. The first-order valence-electron chi connectivity index (χ1n) is 9.37. The van der Waals surface area contributed by atoms with Gasteiger partial charge >= 0.3 is 5.97 Å². The number of fused-ring (bicyclic) bond motifs is 6. The van der Waals surface area contributed by atoms with Crippen molar-refractivity contribution in [1.82, 2.24) is 14.8 Å². The van der Waals surface area contributed by atoms with Crippen molar-refractivity contribution >= 4 is 24.9 Å². The van der Waals surface area contributed by atoms with E-state index in [-0.39, 0.29) is 30.1 Å². The third kappa shape index (κ3) is 2.23. The number of pyridine rings is 2. The number of aliphatic hydroxyl groups is 1. The molecular weight excluding hydrogens is 389 g/mol. The average Bonchev–Trinajstić information content (AvgIpc) is 3.34. The number of nitrogens with zero attached hydrogens (tertiary/aromatic N) is 2. The van der Waals surface area contributed by atoms with Gasteiger partial charge in [0.15, 0.2) is 25.6 Å². The highest BCUT2D eigenvalue weighted by Gasteiger charge is 2.34. The standard InChI is InChI=1S/C20H14BN3O6/c21-22-4-10-8-2-15-16(30-7-29-15)3-13(8)23-17-11(10)5-24-14(17)1-9-12(19(24)26)6-28-20(27)18(9)25/h1-3,18,22,25H,4-7H2/t18-/m0/s1. The summed E-state index contributed by atoms with van der Waals surface area (Å²) in [6, 6.07) is 5.31. The Morgan fingerprint density at radius 1 is 1.17 bits per heavy atom. The predicted molar refractivity (Wildman–Crippen MR) is 104 cm³/mol. The minimum absolute atomic E-state index is 0.147. The molecule has 3 aliphatic rings. The van der Waals surface area contributed by atoms with Gasteiger partial charge < -0.3 is 29.1 Å². The number of carbonyl (C=O) groups excluding carboxylic acids is 1. The zero-order valence-electron chi connectivity index (χ0n) is 15.6. The molecule has 0 amide bonds. The summed E-state index contributed by atoms with van der Waals surface area (Å²) < 4.78 is 17.5. The van der Waals surface area contributed by atoms with Crippen LogP contribution in [0, 0.1) is 0 Å². The number of esters is 1. The van der Waals surface area contributed by atoms with E-state index in [1.54, 1.807) is 16.7 Å². The van der Waals surface area contributed by atoms with Crippen LogP contribution in [0.25, 0.3) is 22.3 Å². The van der Waals surface area contributed by atoms with Gasteiger partial charge in [0.05, 0.1) is 29.0 Å². The van der Waals surface area contributed by atoms with Crippen LogP contribution >= 0.6 is 0 Å². The molecule has 0 aliphatic carbocycles. The Balaban J connectivity index is 1.64. The number of rotatable bonds is 2. The van der Waals surface area contributed by atoms with Crippen LogP contribution in [0.5, 0.6) is 11.5 Å². The summed E-state index contributed by atoms with van der Waals surface area (Å²) in [6.45, 7) is 0.645. The monoisotopic (exact) mass is 403 g/mol. The van der Waals surface area contributed by atoms with E-state index in [9.17, 15) is 14.7 Å². The Labute approximate surface area is 170 Å². The third-order valence-electron chi connectivity index (χ3n) is 5.85. The SMILES string of the molecule is [B]NCc1c2c(nc3cc4c(cc13)OCO4)-c1cc3c(c(=O)n1C2)COC(=O)[C@H]3O. The van der Waals surface area contributed by atoms with E-state index in [1.807, 2.05) is 6.07 Å². The second-order valence-electron chi connectivity index (χ2n) is 7.39. The van der Waals surface area contributed by atoms with Crippen molar-refractivity contribution in [2.75, 3.05) is 6.79 Å². The van der Waals surface area contributed by atoms with Crippen LogP contribution in [-0.2, 0) is 29.2 Å². The average molecular weight is 403 g/mol. The molecule has 0 bridgehead atoms. The lowest BCUT2D eigenvalue weighted by Crippen LogP contribution is -2.32. The molecule has 2 aromatic heterocycles. The van der Waals surface area contributed by atoms with Gasteiger partial charge in [0.1, 0.15) is 6.61 Å². The highest BCUT2D eigenvalue weighted by atomic mass is 16.7. The lowest BCUT2D eigenvalue weighted by atomic mass is 9.98. The fourth-order valence-electron chi connectivity index (χ4n) is 4.40. The number of aliphatic hydroxyl groups excluding tert-OH is 1. The summed E-state index contributed by atoms with van der Waals surface area (Å²) in [5.74, 6) is 0.460. The van der Waals surface area contributed by atoms with E-state index in [0.717, 1.165) is 16.5 Å². The van der Waals surface area contributed by atoms with E-state index in [0.29, 0.717) is 41.5 Å². The lowest BCUT2D eigenvalue weighted by molar-refractivity contribution is -0.157. The number of benzene rings is 1. The molecule has 0 unspecified atom stereocenters. The van der Waals surface area contributed by atoms with Crippen LogP contribution in [0.2, 0.25) is 0 Å². The number of cyclic esters (lactones) is 1. The molecule has 3 aromatic rings. The zero-order valence-corrected chi connectivity index (χ0v) is 15.6. The van der Waals surface area contributed by atoms with Crippen LogP contribution in [-0.4, -0.2) is 35.4 Å². The maximum Gasteiger partial charge on any atom is 0.340 e. The van der Waals surface area contributed by atoms with Crippen LogP contribution in [0.15, 0.2) is 23.0 Å². The predicted octanol–water partition coefficient (Wildman–Crippen LogP) is 0.417. The number of aromatic nitrogens is 2. The maximum atomic E-state index is 13.1. The Morgan fingerprint density at radius 2 is 1.97 bits per heavy atom. The van der Waals surface area contributed by atoms with Crippen molar-refractivity contribution in [2.45, 2.75) is 25.8 Å². The molecule has 10 heteroatoms. The summed E-state index contributed by atoms with van der Waals surface area (Å²) >= 11 is 0. The number of carbonyl (C=O) groups is 1. The summed E-state index contributed by atoms with van der Waals surface area (Å²) in [5.41, 5.74) is 3.80. The first-order valence-corrected chi connectivity index (χ1v) is 9.37. The van der Waals surface area contributed by atoms with E-state index in [4.69, 9.17) is 27.2 Å². The van der Waals surface area contributed by atoms with Gasteiger partial charge in [-0.15, -0.1) is 0 Å². The highest BCUT2D eigenvalue weighted by Crippen LogP contribution is 2.42. The Morgan fingerprint density at radius 3 is 2.77 bits per heavy atom. The van der Waals surface area contributed by atoms with Crippen molar-refractivity contribution in [3.05, 3.63) is 50.8 Å². The zero-order chi connectivity index (χ0) is 20.6. The summed E-state index contributed by atoms with van der Waals surface area (Å²) in [7, 11) is 5.64. The first kappa shape index (κ1) is 17.5. The summed E-state index contributed by atoms with van der Waals surface area (Å²) in [4.78, 5) is 29.7. The fourth-order valence-corrected chi connectivity index (χ4v) is 4.40. The molecule has 0 spiro atoms. The molecule has 0 saturated heterocycles. The number of nitrogens with one attached hydrogen (secondary N) is 1. The van der Waals surface area contributed by atoms with Crippen LogP contribution in [0.4, 0.5) is 0 Å². The normalized spacial score (nSPS) is 18.2. The molecule has 3 aliphatic heterocycles. The fraction of sp³-hybridized carbons (Fsp3) is 0.250. The van der Waals surface area contributed by atoms with Gasteiger partial charge in [0, 0.05) is 29.1 Å². The largest absolute Gasteiger partial charge is 0.458 e.